The fraction of sp³-hybridized carbons (Fsp3) is 0.500. The molecule has 0 aliphatic heterocycles. The minimum absolute atomic E-state index is 0.315. The van der Waals surface area contributed by atoms with E-state index in [-0.39, 0.29) is 5.92 Å². The molecule has 0 bridgehead atoms. The van der Waals surface area contributed by atoms with E-state index in [0.29, 0.717) is 22.7 Å². The SMILES string of the molecule is CC1=C(N)C(N)(N)C(C)C(N)=C1ON. The monoisotopic (exact) mass is 199 g/mol. The molecular weight excluding hydrogens is 182 g/mol. The van der Waals surface area contributed by atoms with E-state index in [9.17, 15) is 0 Å². The van der Waals surface area contributed by atoms with Gasteiger partial charge in [-0.25, -0.2) is 0 Å². The van der Waals surface area contributed by atoms with E-state index in [2.05, 4.69) is 4.84 Å². The van der Waals surface area contributed by atoms with Gasteiger partial charge >= 0.3 is 0 Å². The predicted molar refractivity (Wildman–Crippen MR) is 53.6 cm³/mol. The van der Waals surface area contributed by atoms with Crippen LogP contribution in [-0.4, -0.2) is 5.66 Å². The maximum absolute atomic E-state index is 5.85. The third-order valence-corrected chi connectivity index (χ3v) is 2.77. The second-order valence-electron chi connectivity index (χ2n) is 3.60. The third-order valence-electron chi connectivity index (χ3n) is 2.77. The quantitative estimate of drug-likeness (QED) is 0.258. The molecule has 0 spiro atoms. The average Bonchev–Trinajstić information content (AvgIpc) is 2.14. The maximum Gasteiger partial charge on any atom is 0.170 e. The molecule has 0 heterocycles. The van der Waals surface area contributed by atoms with Gasteiger partial charge in [-0.3, -0.25) is 0 Å². The zero-order valence-electron chi connectivity index (χ0n) is 8.37. The van der Waals surface area contributed by atoms with Crippen molar-refractivity contribution in [2.24, 2.45) is 34.7 Å². The van der Waals surface area contributed by atoms with Gasteiger partial charge in [-0.15, -0.1) is 0 Å². The van der Waals surface area contributed by atoms with Crippen molar-refractivity contribution in [1.82, 2.24) is 0 Å². The van der Waals surface area contributed by atoms with Crippen LogP contribution in [0.25, 0.3) is 0 Å². The molecule has 0 aromatic carbocycles. The van der Waals surface area contributed by atoms with Gasteiger partial charge in [-0.2, -0.15) is 5.90 Å². The normalized spacial score (nSPS) is 26.8. The topological polar surface area (TPSA) is 139 Å². The second kappa shape index (κ2) is 3.16. The lowest BCUT2D eigenvalue weighted by molar-refractivity contribution is 0.208. The van der Waals surface area contributed by atoms with Gasteiger partial charge in [0.05, 0.1) is 11.4 Å². The van der Waals surface area contributed by atoms with Crippen LogP contribution in [0.2, 0.25) is 0 Å². The first-order chi connectivity index (χ1) is 6.34. The van der Waals surface area contributed by atoms with Crippen LogP contribution in [0.3, 0.4) is 0 Å². The Morgan fingerprint density at radius 1 is 1.29 bits per heavy atom. The molecule has 1 rings (SSSR count). The highest BCUT2D eigenvalue weighted by Gasteiger charge is 2.39. The van der Waals surface area contributed by atoms with E-state index in [1.165, 1.54) is 0 Å². The number of hydrogen-bond donors (Lipinski definition) is 5. The molecule has 80 valence electrons. The second-order valence-corrected chi connectivity index (χ2v) is 3.60. The van der Waals surface area contributed by atoms with E-state index in [1.807, 2.05) is 0 Å². The first-order valence-electron chi connectivity index (χ1n) is 4.25. The molecule has 0 aromatic heterocycles. The molecule has 10 N–H and O–H groups in total. The molecule has 0 radical (unpaired) electrons. The van der Waals surface area contributed by atoms with Gasteiger partial charge in [0.2, 0.25) is 0 Å². The Balaban J connectivity index is 3.33. The van der Waals surface area contributed by atoms with Gasteiger partial charge in [-0.05, 0) is 6.92 Å². The van der Waals surface area contributed by atoms with E-state index < -0.39 is 5.66 Å². The lowest BCUT2D eigenvalue weighted by Crippen LogP contribution is -2.61. The largest absolute Gasteiger partial charge is 0.409 e. The summed E-state index contributed by atoms with van der Waals surface area (Å²) in [4.78, 5) is 4.66. The number of hydrogen-bond acceptors (Lipinski definition) is 6. The highest BCUT2D eigenvalue weighted by Crippen LogP contribution is 2.32. The van der Waals surface area contributed by atoms with Crippen LogP contribution in [0.15, 0.2) is 22.7 Å². The fourth-order valence-corrected chi connectivity index (χ4v) is 1.51. The van der Waals surface area contributed by atoms with Crippen LogP contribution >= 0.6 is 0 Å². The molecule has 14 heavy (non-hydrogen) atoms. The molecule has 0 saturated heterocycles. The van der Waals surface area contributed by atoms with Gasteiger partial charge in [0.15, 0.2) is 5.76 Å². The van der Waals surface area contributed by atoms with Crippen LogP contribution in [0.5, 0.6) is 0 Å². The Labute approximate surface area is 82.7 Å². The summed E-state index contributed by atoms with van der Waals surface area (Å²) >= 11 is 0. The number of nitrogens with two attached hydrogens (primary N) is 5. The van der Waals surface area contributed by atoms with Crippen molar-refractivity contribution in [3.63, 3.8) is 0 Å². The standard InChI is InChI=1S/C8H17N5O/c1-3-6(14-13)5(9)4(2)8(11,12)7(3)10/h4H,9-13H2,1-2H3. The van der Waals surface area contributed by atoms with Gasteiger partial charge in [0.25, 0.3) is 0 Å². The van der Waals surface area contributed by atoms with Crippen LogP contribution in [-0.2, 0) is 4.84 Å². The van der Waals surface area contributed by atoms with Gasteiger partial charge < -0.3 is 27.8 Å². The number of rotatable bonds is 1. The Kier molecular flexibility index (Phi) is 2.45. The summed E-state index contributed by atoms with van der Waals surface area (Å²) < 4.78 is 0. The van der Waals surface area contributed by atoms with Crippen molar-refractivity contribution < 1.29 is 4.84 Å². The molecule has 1 aliphatic carbocycles. The Morgan fingerprint density at radius 2 is 1.79 bits per heavy atom. The smallest absolute Gasteiger partial charge is 0.170 e. The molecule has 0 aromatic rings. The molecule has 0 amide bonds. The highest BCUT2D eigenvalue weighted by atomic mass is 16.6. The molecule has 0 fully saturated rings. The Hall–Kier alpha value is -1.24. The maximum atomic E-state index is 5.85. The molecule has 1 atom stereocenters. The van der Waals surface area contributed by atoms with E-state index in [1.54, 1.807) is 13.8 Å². The zero-order valence-corrected chi connectivity index (χ0v) is 8.37. The molecule has 6 heteroatoms. The van der Waals surface area contributed by atoms with Gasteiger partial charge in [-0.1, -0.05) is 6.92 Å². The van der Waals surface area contributed by atoms with Gasteiger partial charge in [0, 0.05) is 11.5 Å². The van der Waals surface area contributed by atoms with Crippen molar-refractivity contribution in [3.8, 4) is 0 Å². The molecule has 1 unspecified atom stereocenters. The van der Waals surface area contributed by atoms with Crippen molar-refractivity contribution in [2.45, 2.75) is 19.5 Å². The summed E-state index contributed by atoms with van der Waals surface area (Å²) in [5.74, 6) is 5.14. The van der Waals surface area contributed by atoms with Crippen LogP contribution in [0, 0.1) is 5.92 Å². The van der Waals surface area contributed by atoms with E-state index in [4.69, 9.17) is 28.8 Å². The lowest BCUT2D eigenvalue weighted by atomic mass is 9.82. The Morgan fingerprint density at radius 3 is 2.21 bits per heavy atom. The predicted octanol–water partition coefficient (Wildman–Crippen LogP) is -1.46. The molecule has 1 aliphatic rings. The van der Waals surface area contributed by atoms with Crippen LogP contribution in [0.4, 0.5) is 0 Å². The van der Waals surface area contributed by atoms with Gasteiger partial charge in [0.1, 0.15) is 5.66 Å². The lowest BCUT2D eigenvalue weighted by Gasteiger charge is -2.37. The van der Waals surface area contributed by atoms with Crippen molar-refractivity contribution in [2.75, 3.05) is 0 Å². The molecule has 6 nitrogen and oxygen atoms in total. The van der Waals surface area contributed by atoms with Crippen LogP contribution < -0.4 is 28.8 Å². The van der Waals surface area contributed by atoms with Crippen molar-refractivity contribution in [3.05, 3.63) is 22.7 Å². The molecule has 0 saturated carbocycles. The third kappa shape index (κ3) is 1.24. The summed E-state index contributed by atoms with van der Waals surface area (Å²) in [6, 6.07) is 0. The van der Waals surface area contributed by atoms with E-state index in [0.717, 1.165) is 0 Å². The highest BCUT2D eigenvalue weighted by molar-refractivity contribution is 5.42. The van der Waals surface area contributed by atoms with Crippen molar-refractivity contribution in [1.29, 1.82) is 0 Å². The summed E-state index contributed by atoms with van der Waals surface area (Å²) in [5, 5.41) is 0. The molecular formula is C8H17N5O. The average molecular weight is 199 g/mol. The minimum atomic E-state index is -1.14. The van der Waals surface area contributed by atoms with Crippen molar-refractivity contribution >= 4 is 0 Å². The summed E-state index contributed by atoms with van der Waals surface area (Å²) in [7, 11) is 0. The van der Waals surface area contributed by atoms with E-state index >= 15 is 0 Å². The first-order valence-corrected chi connectivity index (χ1v) is 4.25. The minimum Gasteiger partial charge on any atom is -0.409 e. The van der Waals surface area contributed by atoms with Crippen LogP contribution in [0.1, 0.15) is 13.8 Å². The summed E-state index contributed by atoms with van der Waals surface area (Å²) in [5.41, 5.74) is 23.5. The first kappa shape index (κ1) is 10.8. The fourth-order valence-electron chi connectivity index (χ4n) is 1.51. The zero-order chi connectivity index (χ0) is 11.1. The summed E-state index contributed by atoms with van der Waals surface area (Å²) in [6.07, 6.45) is 0. The summed E-state index contributed by atoms with van der Waals surface area (Å²) in [6.45, 7) is 3.48. The number of allylic oxidation sites excluding steroid dienone is 1. The Bertz CT molecular complexity index is 318.